The number of nitrogens with two attached hydrogens (primary N) is 1. The van der Waals surface area contributed by atoms with Crippen LogP contribution in [-0.4, -0.2) is 18.1 Å². The van der Waals surface area contributed by atoms with Crippen LogP contribution in [0.25, 0.3) is 0 Å². The summed E-state index contributed by atoms with van der Waals surface area (Å²) >= 11 is 1.78. The number of rotatable bonds is 4. The van der Waals surface area contributed by atoms with Crippen molar-refractivity contribution < 1.29 is 0 Å². The maximum atomic E-state index is 8.93. The van der Waals surface area contributed by atoms with Gasteiger partial charge in [0, 0.05) is 17.5 Å². The van der Waals surface area contributed by atoms with Gasteiger partial charge in [-0.25, -0.2) is 0 Å². The van der Waals surface area contributed by atoms with E-state index in [1.807, 2.05) is 6.07 Å². The Balaban J connectivity index is 2.81. The van der Waals surface area contributed by atoms with Crippen molar-refractivity contribution in [1.82, 2.24) is 0 Å². The van der Waals surface area contributed by atoms with Gasteiger partial charge in [-0.1, -0.05) is 0 Å². The van der Waals surface area contributed by atoms with Gasteiger partial charge in [0.2, 0.25) is 0 Å². The molecule has 0 fully saturated rings. The van der Waals surface area contributed by atoms with Crippen LogP contribution in [0.4, 0.5) is 11.4 Å². The number of nitriles is 1. The van der Waals surface area contributed by atoms with E-state index in [0.29, 0.717) is 17.3 Å². The molecule has 0 spiro atoms. The normalized spacial score (nSPS) is 11.8. The lowest BCUT2D eigenvalue weighted by Gasteiger charge is -2.15. The molecule has 0 saturated heterocycles. The molecule has 0 aromatic heterocycles. The van der Waals surface area contributed by atoms with Crippen molar-refractivity contribution in [2.75, 3.05) is 23.1 Å². The summed E-state index contributed by atoms with van der Waals surface area (Å²) in [5.74, 6) is 1.01. The summed E-state index contributed by atoms with van der Waals surface area (Å²) in [5, 5.41) is 12.2. The van der Waals surface area contributed by atoms with Crippen LogP contribution in [0.15, 0.2) is 18.2 Å². The molecular formula is C11H15N3S. The van der Waals surface area contributed by atoms with Gasteiger partial charge in [0.15, 0.2) is 0 Å². The second-order valence-corrected chi connectivity index (χ2v) is 4.33. The molecule has 4 heteroatoms. The zero-order valence-electron chi connectivity index (χ0n) is 8.95. The van der Waals surface area contributed by atoms with Crippen molar-refractivity contribution in [2.24, 2.45) is 0 Å². The molecule has 0 amide bonds. The van der Waals surface area contributed by atoms with E-state index in [2.05, 4.69) is 24.6 Å². The maximum Gasteiger partial charge on any atom is 0.101 e. The number of anilines is 2. The van der Waals surface area contributed by atoms with Crippen LogP contribution in [0, 0.1) is 11.3 Å². The number of nitrogen functional groups attached to an aromatic ring is 1. The third-order valence-corrected chi connectivity index (χ3v) is 2.82. The molecule has 1 aromatic carbocycles. The summed E-state index contributed by atoms with van der Waals surface area (Å²) in [7, 11) is 0. The Hall–Kier alpha value is -1.34. The Kier molecular flexibility index (Phi) is 4.32. The quantitative estimate of drug-likeness (QED) is 0.766. The summed E-state index contributed by atoms with van der Waals surface area (Å²) in [6.45, 7) is 2.09. The van der Waals surface area contributed by atoms with E-state index in [9.17, 15) is 0 Å². The first-order valence-corrected chi connectivity index (χ1v) is 6.12. The van der Waals surface area contributed by atoms with Gasteiger partial charge in [-0.15, -0.1) is 0 Å². The van der Waals surface area contributed by atoms with E-state index >= 15 is 0 Å². The van der Waals surface area contributed by atoms with Crippen molar-refractivity contribution in [2.45, 2.75) is 13.0 Å². The standard InChI is InChI=1S/C11H15N3S/c1-8(7-15-2)14-11-4-3-10(13)5-9(11)6-12/h3-5,8,14H,7,13H2,1-2H3. The molecule has 0 bridgehead atoms. The predicted octanol–water partition coefficient (Wildman–Crippen LogP) is 2.30. The lowest BCUT2D eigenvalue weighted by atomic mass is 10.1. The van der Waals surface area contributed by atoms with E-state index in [-0.39, 0.29) is 0 Å². The molecule has 1 aromatic rings. The maximum absolute atomic E-state index is 8.93. The predicted molar refractivity (Wildman–Crippen MR) is 67.0 cm³/mol. The number of hydrogen-bond donors (Lipinski definition) is 2. The smallest absolute Gasteiger partial charge is 0.101 e. The van der Waals surface area contributed by atoms with E-state index in [4.69, 9.17) is 11.0 Å². The number of nitrogens with one attached hydrogen (secondary N) is 1. The molecule has 1 unspecified atom stereocenters. The largest absolute Gasteiger partial charge is 0.399 e. The lowest BCUT2D eigenvalue weighted by molar-refractivity contribution is 0.913. The molecule has 0 aliphatic carbocycles. The fourth-order valence-electron chi connectivity index (χ4n) is 1.34. The van der Waals surface area contributed by atoms with Gasteiger partial charge in [-0.2, -0.15) is 17.0 Å². The second-order valence-electron chi connectivity index (χ2n) is 3.42. The number of benzene rings is 1. The fraction of sp³-hybridized carbons (Fsp3) is 0.364. The fourth-order valence-corrected chi connectivity index (χ4v) is 1.92. The van der Waals surface area contributed by atoms with Crippen LogP contribution >= 0.6 is 11.8 Å². The molecule has 80 valence electrons. The molecule has 0 aliphatic rings. The van der Waals surface area contributed by atoms with Crippen LogP contribution in [0.5, 0.6) is 0 Å². The van der Waals surface area contributed by atoms with E-state index in [1.165, 1.54) is 0 Å². The van der Waals surface area contributed by atoms with Gasteiger partial charge in [0.25, 0.3) is 0 Å². The monoisotopic (exact) mass is 221 g/mol. The van der Waals surface area contributed by atoms with Crippen molar-refractivity contribution in [1.29, 1.82) is 5.26 Å². The summed E-state index contributed by atoms with van der Waals surface area (Å²) in [4.78, 5) is 0. The molecule has 1 atom stereocenters. The second kappa shape index (κ2) is 5.52. The van der Waals surface area contributed by atoms with Gasteiger partial charge in [0.05, 0.1) is 11.3 Å². The summed E-state index contributed by atoms with van der Waals surface area (Å²) in [5.41, 5.74) is 7.68. The molecule has 3 N–H and O–H groups in total. The molecule has 0 saturated carbocycles. The molecule has 0 heterocycles. The van der Waals surface area contributed by atoms with Gasteiger partial charge in [-0.05, 0) is 31.4 Å². The Labute approximate surface area is 94.7 Å². The summed E-state index contributed by atoms with van der Waals surface area (Å²) in [6, 6.07) is 7.82. The van der Waals surface area contributed by atoms with Crippen molar-refractivity contribution in [3.63, 3.8) is 0 Å². The van der Waals surface area contributed by atoms with Crippen LogP contribution < -0.4 is 11.1 Å². The number of hydrogen-bond acceptors (Lipinski definition) is 4. The highest BCUT2D eigenvalue weighted by Gasteiger charge is 2.05. The van der Waals surface area contributed by atoms with E-state index < -0.39 is 0 Å². The average Bonchev–Trinajstić information content (AvgIpc) is 2.21. The Morgan fingerprint density at radius 1 is 1.60 bits per heavy atom. The minimum Gasteiger partial charge on any atom is -0.399 e. The first-order valence-electron chi connectivity index (χ1n) is 4.72. The van der Waals surface area contributed by atoms with E-state index in [1.54, 1.807) is 23.9 Å². The van der Waals surface area contributed by atoms with E-state index in [0.717, 1.165) is 11.4 Å². The minimum absolute atomic E-state index is 0.343. The van der Waals surface area contributed by atoms with Crippen LogP contribution in [0.2, 0.25) is 0 Å². The summed E-state index contributed by atoms with van der Waals surface area (Å²) in [6.07, 6.45) is 2.06. The Morgan fingerprint density at radius 3 is 2.93 bits per heavy atom. The van der Waals surface area contributed by atoms with Crippen molar-refractivity contribution in [3.05, 3.63) is 23.8 Å². The zero-order chi connectivity index (χ0) is 11.3. The van der Waals surface area contributed by atoms with Gasteiger partial charge in [-0.3, -0.25) is 0 Å². The van der Waals surface area contributed by atoms with Gasteiger partial charge in [0.1, 0.15) is 6.07 Å². The first kappa shape index (κ1) is 11.7. The Bertz CT molecular complexity index is 371. The third kappa shape index (κ3) is 3.37. The molecule has 15 heavy (non-hydrogen) atoms. The Morgan fingerprint density at radius 2 is 2.33 bits per heavy atom. The first-order chi connectivity index (χ1) is 7.17. The van der Waals surface area contributed by atoms with Crippen LogP contribution in [-0.2, 0) is 0 Å². The summed E-state index contributed by atoms with van der Waals surface area (Å²) < 4.78 is 0. The molecule has 0 aliphatic heterocycles. The lowest BCUT2D eigenvalue weighted by Crippen LogP contribution is -2.18. The zero-order valence-corrected chi connectivity index (χ0v) is 9.77. The number of thioether (sulfide) groups is 1. The highest BCUT2D eigenvalue weighted by atomic mass is 32.2. The molecule has 1 rings (SSSR count). The van der Waals surface area contributed by atoms with Crippen LogP contribution in [0.1, 0.15) is 12.5 Å². The molecular weight excluding hydrogens is 206 g/mol. The van der Waals surface area contributed by atoms with Crippen molar-refractivity contribution >= 4 is 23.1 Å². The number of nitrogens with zero attached hydrogens (tertiary/aromatic N) is 1. The minimum atomic E-state index is 0.343. The highest BCUT2D eigenvalue weighted by molar-refractivity contribution is 7.98. The molecule has 3 nitrogen and oxygen atoms in total. The SMILES string of the molecule is CSCC(C)Nc1ccc(N)cc1C#N. The molecule has 0 radical (unpaired) electrons. The van der Waals surface area contributed by atoms with Gasteiger partial charge >= 0.3 is 0 Å². The average molecular weight is 221 g/mol. The topological polar surface area (TPSA) is 61.8 Å². The van der Waals surface area contributed by atoms with Crippen molar-refractivity contribution in [3.8, 4) is 6.07 Å². The highest BCUT2D eigenvalue weighted by Crippen LogP contribution is 2.19. The van der Waals surface area contributed by atoms with Crippen LogP contribution in [0.3, 0.4) is 0 Å². The van der Waals surface area contributed by atoms with Gasteiger partial charge < -0.3 is 11.1 Å². The third-order valence-electron chi connectivity index (χ3n) is 1.98.